The lowest BCUT2D eigenvalue weighted by molar-refractivity contribution is -0.132. The Morgan fingerprint density at radius 1 is 0.933 bits per heavy atom. The zero-order chi connectivity index (χ0) is 20.9. The highest BCUT2D eigenvalue weighted by Gasteiger charge is 2.17. The van der Waals surface area contributed by atoms with Crippen LogP contribution in [0, 0.1) is 0 Å². The largest absolute Gasteiger partial charge is 0.486 e. The van der Waals surface area contributed by atoms with Gasteiger partial charge >= 0.3 is 0 Å². The number of hydrazine groups is 1. The average molecular weight is 406 g/mol. The van der Waals surface area contributed by atoms with Gasteiger partial charge in [0.2, 0.25) is 5.91 Å². The quantitative estimate of drug-likeness (QED) is 0.637. The molecular weight excluding hydrogens is 384 g/mol. The van der Waals surface area contributed by atoms with Gasteiger partial charge in [-0.2, -0.15) is 0 Å². The van der Waals surface area contributed by atoms with E-state index in [1.165, 1.54) is 0 Å². The maximum Gasteiger partial charge on any atom is 0.279 e. The van der Waals surface area contributed by atoms with E-state index in [1.807, 2.05) is 42.5 Å². The zero-order valence-corrected chi connectivity index (χ0v) is 16.5. The Labute approximate surface area is 173 Å². The topological polar surface area (TPSA) is 85.9 Å². The number of ether oxygens (including phenoxy) is 3. The number of amides is 2. The van der Waals surface area contributed by atoms with Gasteiger partial charge in [0.25, 0.3) is 5.91 Å². The van der Waals surface area contributed by atoms with Crippen LogP contribution < -0.4 is 25.1 Å². The summed E-state index contributed by atoms with van der Waals surface area (Å²) in [4.78, 5) is 24.4. The first-order valence-corrected chi connectivity index (χ1v) is 9.71. The number of hydrogen-bond acceptors (Lipinski definition) is 5. The summed E-state index contributed by atoms with van der Waals surface area (Å²) in [6.07, 6.45) is -0.683. The van der Waals surface area contributed by atoms with Crippen LogP contribution in [0.25, 0.3) is 10.8 Å². The summed E-state index contributed by atoms with van der Waals surface area (Å²) < 4.78 is 16.7. The molecule has 2 N–H and O–H groups in total. The SMILES string of the molecule is CC(Oc1ccc2ccccc2c1)C(=O)NNC(=O)Cc1ccc2c(c1)OCCO2. The predicted molar refractivity (Wildman–Crippen MR) is 111 cm³/mol. The van der Waals surface area contributed by atoms with E-state index in [9.17, 15) is 9.59 Å². The Balaban J connectivity index is 1.28. The second-order valence-corrected chi connectivity index (χ2v) is 6.96. The molecule has 4 rings (SSSR count). The molecule has 7 nitrogen and oxygen atoms in total. The number of hydrogen-bond donors (Lipinski definition) is 2. The van der Waals surface area contributed by atoms with E-state index in [2.05, 4.69) is 10.9 Å². The number of nitrogens with one attached hydrogen (secondary N) is 2. The van der Waals surface area contributed by atoms with Crippen molar-refractivity contribution in [3.63, 3.8) is 0 Å². The monoisotopic (exact) mass is 406 g/mol. The fourth-order valence-corrected chi connectivity index (χ4v) is 3.16. The minimum absolute atomic E-state index is 0.0941. The molecule has 0 saturated carbocycles. The second-order valence-electron chi connectivity index (χ2n) is 6.96. The average Bonchev–Trinajstić information content (AvgIpc) is 2.77. The Kier molecular flexibility index (Phi) is 5.70. The predicted octanol–water partition coefficient (Wildman–Crippen LogP) is 2.77. The second kappa shape index (κ2) is 8.73. The Bertz CT molecular complexity index is 1080. The van der Waals surface area contributed by atoms with Crippen LogP contribution in [0.3, 0.4) is 0 Å². The standard InChI is InChI=1S/C23H22N2O5/c1-15(30-19-8-7-17-4-2-3-5-18(17)14-19)23(27)25-24-22(26)13-16-6-9-20-21(12-16)29-11-10-28-20/h2-9,12,14-15H,10-11,13H2,1H3,(H,24,26)(H,25,27). The fraction of sp³-hybridized carbons (Fsp3) is 0.217. The summed E-state index contributed by atoms with van der Waals surface area (Å²) in [5.41, 5.74) is 5.58. The molecule has 0 aromatic heterocycles. The number of carbonyl (C=O) groups excluding carboxylic acids is 2. The van der Waals surface area contributed by atoms with Crippen molar-refractivity contribution in [2.45, 2.75) is 19.4 Å². The van der Waals surface area contributed by atoms with Gasteiger partial charge in [0.1, 0.15) is 19.0 Å². The highest BCUT2D eigenvalue weighted by atomic mass is 16.6. The van der Waals surface area contributed by atoms with E-state index in [-0.39, 0.29) is 12.3 Å². The highest BCUT2D eigenvalue weighted by Crippen LogP contribution is 2.30. The lowest BCUT2D eigenvalue weighted by atomic mass is 10.1. The van der Waals surface area contributed by atoms with E-state index in [4.69, 9.17) is 14.2 Å². The molecule has 1 heterocycles. The minimum atomic E-state index is -0.777. The van der Waals surface area contributed by atoms with Crippen molar-refractivity contribution in [1.82, 2.24) is 10.9 Å². The molecule has 1 unspecified atom stereocenters. The van der Waals surface area contributed by atoms with Crippen LogP contribution >= 0.6 is 0 Å². The van der Waals surface area contributed by atoms with Crippen LogP contribution in [0.4, 0.5) is 0 Å². The van der Waals surface area contributed by atoms with Gasteiger partial charge in [-0.25, -0.2) is 0 Å². The van der Waals surface area contributed by atoms with Crippen molar-refractivity contribution in [3.8, 4) is 17.2 Å². The van der Waals surface area contributed by atoms with Gasteiger partial charge in [-0.3, -0.25) is 20.4 Å². The normalized spacial score (nSPS) is 13.4. The van der Waals surface area contributed by atoms with Crippen LogP contribution in [-0.2, 0) is 16.0 Å². The Morgan fingerprint density at radius 2 is 1.70 bits per heavy atom. The molecule has 0 spiro atoms. The fourth-order valence-electron chi connectivity index (χ4n) is 3.16. The van der Waals surface area contributed by atoms with Gasteiger partial charge < -0.3 is 14.2 Å². The van der Waals surface area contributed by atoms with E-state index in [1.54, 1.807) is 25.1 Å². The zero-order valence-electron chi connectivity index (χ0n) is 16.5. The van der Waals surface area contributed by atoms with Crippen molar-refractivity contribution < 1.29 is 23.8 Å². The maximum absolute atomic E-state index is 12.3. The summed E-state index contributed by atoms with van der Waals surface area (Å²) in [7, 11) is 0. The van der Waals surface area contributed by atoms with Gasteiger partial charge in [-0.1, -0.05) is 36.4 Å². The number of fused-ring (bicyclic) bond motifs is 2. The van der Waals surface area contributed by atoms with Crippen molar-refractivity contribution >= 4 is 22.6 Å². The van der Waals surface area contributed by atoms with E-state index >= 15 is 0 Å². The molecule has 0 aliphatic carbocycles. The molecule has 1 aliphatic heterocycles. The third-order valence-electron chi connectivity index (χ3n) is 4.70. The summed E-state index contributed by atoms with van der Waals surface area (Å²) in [5, 5.41) is 2.11. The molecule has 0 fully saturated rings. The molecule has 2 amide bonds. The molecule has 0 radical (unpaired) electrons. The molecule has 3 aromatic carbocycles. The lowest BCUT2D eigenvalue weighted by Crippen LogP contribution is -2.47. The molecular formula is C23H22N2O5. The molecule has 0 bridgehead atoms. The highest BCUT2D eigenvalue weighted by molar-refractivity contribution is 5.86. The van der Waals surface area contributed by atoms with Crippen molar-refractivity contribution in [1.29, 1.82) is 0 Å². The minimum Gasteiger partial charge on any atom is -0.486 e. The van der Waals surface area contributed by atoms with Gasteiger partial charge in [0, 0.05) is 0 Å². The molecule has 154 valence electrons. The van der Waals surface area contributed by atoms with E-state index in [0.717, 1.165) is 16.3 Å². The Morgan fingerprint density at radius 3 is 2.53 bits per heavy atom. The Hall–Kier alpha value is -3.74. The van der Waals surface area contributed by atoms with Crippen LogP contribution in [0.5, 0.6) is 17.2 Å². The molecule has 1 aliphatic rings. The van der Waals surface area contributed by atoms with E-state index in [0.29, 0.717) is 30.5 Å². The third-order valence-corrected chi connectivity index (χ3v) is 4.70. The van der Waals surface area contributed by atoms with Crippen LogP contribution in [-0.4, -0.2) is 31.1 Å². The van der Waals surface area contributed by atoms with Crippen molar-refractivity contribution in [2.24, 2.45) is 0 Å². The van der Waals surface area contributed by atoms with Gasteiger partial charge in [0.05, 0.1) is 6.42 Å². The summed E-state index contributed by atoms with van der Waals surface area (Å²) in [6.45, 7) is 2.61. The number of carbonyl (C=O) groups is 2. The number of benzene rings is 3. The molecule has 3 aromatic rings. The van der Waals surface area contributed by atoms with Gasteiger partial charge in [-0.15, -0.1) is 0 Å². The summed E-state index contributed by atoms with van der Waals surface area (Å²) in [5.74, 6) is 1.07. The van der Waals surface area contributed by atoms with E-state index < -0.39 is 12.0 Å². The van der Waals surface area contributed by atoms with Crippen molar-refractivity contribution in [2.75, 3.05) is 13.2 Å². The molecule has 30 heavy (non-hydrogen) atoms. The third kappa shape index (κ3) is 4.63. The first-order valence-electron chi connectivity index (χ1n) is 9.71. The lowest BCUT2D eigenvalue weighted by Gasteiger charge is -2.19. The first-order chi connectivity index (χ1) is 14.6. The summed E-state index contributed by atoms with van der Waals surface area (Å²) >= 11 is 0. The number of rotatable bonds is 5. The smallest absolute Gasteiger partial charge is 0.279 e. The molecule has 0 saturated heterocycles. The van der Waals surface area contributed by atoms with Crippen LogP contribution in [0.15, 0.2) is 60.7 Å². The molecule has 1 atom stereocenters. The molecule has 7 heteroatoms. The maximum atomic E-state index is 12.3. The first kappa shape index (κ1) is 19.6. The van der Waals surface area contributed by atoms with Crippen LogP contribution in [0.1, 0.15) is 12.5 Å². The van der Waals surface area contributed by atoms with Crippen LogP contribution in [0.2, 0.25) is 0 Å². The summed E-state index contributed by atoms with van der Waals surface area (Å²) in [6, 6.07) is 18.8. The van der Waals surface area contributed by atoms with Crippen molar-refractivity contribution in [3.05, 3.63) is 66.2 Å². The van der Waals surface area contributed by atoms with Gasteiger partial charge in [0.15, 0.2) is 17.6 Å². The van der Waals surface area contributed by atoms with Gasteiger partial charge in [-0.05, 0) is 47.5 Å².